The van der Waals surface area contributed by atoms with Gasteiger partial charge in [0.2, 0.25) is 0 Å². The molecule has 0 saturated heterocycles. The fraction of sp³-hybridized carbons (Fsp3) is 0.300. The predicted molar refractivity (Wildman–Crippen MR) is 93.2 cm³/mol. The van der Waals surface area contributed by atoms with E-state index < -0.39 is 12.1 Å². The molecule has 2 N–H and O–H groups in total. The second kappa shape index (κ2) is 7.38. The minimum absolute atomic E-state index is 0.0464. The number of phenolic OH excluding ortho intramolecular Hbond substituents is 1. The molecule has 1 aliphatic carbocycles. The first kappa shape index (κ1) is 17.0. The average Bonchev–Trinajstić information content (AvgIpc) is 2.62. The number of aryl methyl sites for hydroxylation is 1. The van der Waals surface area contributed by atoms with Crippen LogP contribution in [-0.4, -0.2) is 23.1 Å². The van der Waals surface area contributed by atoms with E-state index in [-0.39, 0.29) is 23.3 Å². The molecule has 130 valence electrons. The summed E-state index contributed by atoms with van der Waals surface area (Å²) in [5, 5.41) is 12.7. The van der Waals surface area contributed by atoms with Crippen molar-refractivity contribution in [1.82, 2.24) is 5.32 Å². The number of ether oxygens (including phenoxy) is 1. The first-order valence-corrected chi connectivity index (χ1v) is 8.43. The number of esters is 1. The largest absolute Gasteiger partial charge is 0.507 e. The van der Waals surface area contributed by atoms with Crippen LogP contribution in [0.1, 0.15) is 47.3 Å². The minimum Gasteiger partial charge on any atom is -0.507 e. The van der Waals surface area contributed by atoms with Crippen molar-refractivity contribution in [2.75, 3.05) is 0 Å². The normalized spacial score (nSPS) is 17.2. The van der Waals surface area contributed by atoms with Crippen LogP contribution in [0.4, 0.5) is 0 Å². The van der Waals surface area contributed by atoms with Gasteiger partial charge in [-0.05, 0) is 49.4 Å². The Balaban J connectivity index is 1.64. The van der Waals surface area contributed by atoms with Gasteiger partial charge >= 0.3 is 5.97 Å². The molecule has 2 unspecified atom stereocenters. The Hall–Kier alpha value is -2.82. The van der Waals surface area contributed by atoms with Gasteiger partial charge in [-0.25, -0.2) is 4.79 Å². The number of benzene rings is 2. The van der Waals surface area contributed by atoms with Gasteiger partial charge in [-0.15, -0.1) is 0 Å². The van der Waals surface area contributed by atoms with Crippen molar-refractivity contribution in [3.05, 3.63) is 65.2 Å². The number of amides is 1. The molecule has 0 bridgehead atoms. The molecule has 5 heteroatoms. The fourth-order valence-electron chi connectivity index (χ4n) is 3.12. The quantitative estimate of drug-likeness (QED) is 0.839. The number of aromatic hydroxyl groups is 1. The monoisotopic (exact) mass is 339 g/mol. The van der Waals surface area contributed by atoms with Crippen molar-refractivity contribution < 1.29 is 19.4 Å². The highest BCUT2D eigenvalue weighted by Gasteiger charge is 2.26. The molecule has 0 heterocycles. The molecule has 3 rings (SSSR count). The van der Waals surface area contributed by atoms with E-state index in [1.54, 1.807) is 12.1 Å². The van der Waals surface area contributed by atoms with Crippen LogP contribution in [0.2, 0.25) is 0 Å². The van der Waals surface area contributed by atoms with E-state index in [9.17, 15) is 14.7 Å². The molecular weight excluding hydrogens is 318 g/mol. The molecule has 25 heavy (non-hydrogen) atoms. The first-order valence-electron chi connectivity index (χ1n) is 8.43. The summed E-state index contributed by atoms with van der Waals surface area (Å²) in [5.41, 5.74) is 2.42. The maximum absolute atomic E-state index is 12.4. The van der Waals surface area contributed by atoms with Crippen LogP contribution in [0.5, 0.6) is 5.75 Å². The highest BCUT2D eigenvalue weighted by atomic mass is 16.5. The Morgan fingerprint density at radius 3 is 2.68 bits per heavy atom. The van der Waals surface area contributed by atoms with Gasteiger partial charge in [0.1, 0.15) is 11.3 Å². The summed E-state index contributed by atoms with van der Waals surface area (Å²) in [6.45, 7) is 1.53. The van der Waals surface area contributed by atoms with Gasteiger partial charge in [0.15, 0.2) is 6.10 Å². The van der Waals surface area contributed by atoms with Gasteiger partial charge < -0.3 is 15.2 Å². The van der Waals surface area contributed by atoms with E-state index in [4.69, 9.17) is 4.74 Å². The van der Waals surface area contributed by atoms with E-state index in [0.717, 1.165) is 24.8 Å². The van der Waals surface area contributed by atoms with Gasteiger partial charge in [0, 0.05) is 0 Å². The standard InChI is InChI=1S/C20H21NO4/c1-13(25-20(24)16-10-4-5-12-18(16)22)19(23)21-17-11-6-8-14-7-2-3-9-15(14)17/h2-5,7,9-10,12-13,17,22H,6,8,11H2,1H3,(H,21,23). The summed E-state index contributed by atoms with van der Waals surface area (Å²) in [6, 6.07) is 14.1. The number of hydrogen-bond donors (Lipinski definition) is 2. The number of fused-ring (bicyclic) bond motifs is 1. The Kier molecular flexibility index (Phi) is 5.03. The topological polar surface area (TPSA) is 75.6 Å². The molecule has 2 aromatic carbocycles. The number of phenols is 1. The summed E-state index contributed by atoms with van der Waals surface area (Å²) >= 11 is 0. The van der Waals surface area contributed by atoms with Crippen LogP contribution >= 0.6 is 0 Å². The number of carbonyl (C=O) groups is 2. The smallest absolute Gasteiger partial charge is 0.342 e. The van der Waals surface area contributed by atoms with E-state index >= 15 is 0 Å². The molecule has 0 aliphatic heterocycles. The van der Waals surface area contributed by atoms with Crippen LogP contribution in [0.25, 0.3) is 0 Å². The summed E-state index contributed by atoms with van der Waals surface area (Å²) in [7, 11) is 0. The van der Waals surface area contributed by atoms with Gasteiger partial charge in [-0.3, -0.25) is 4.79 Å². The lowest BCUT2D eigenvalue weighted by molar-refractivity contribution is -0.130. The van der Waals surface area contributed by atoms with Crippen LogP contribution in [0.15, 0.2) is 48.5 Å². The highest BCUT2D eigenvalue weighted by Crippen LogP contribution is 2.29. The summed E-state index contributed by atoms with van der Waals surface area (Å²) < 4.78 is 5.20. The van der Waals surface area contributed by atoms with Crippen molar-refractivity contribution in [3.8, 4) is 5.75 Å². The molecule has 1 amide bonds. The number of hydrogen-bond acceptors (Lipinski definition) is 4. The van der Waals surface area contributed by atoms with Crippen molar-refractivity contribution in [2.24, 2.45) is 0 Å². The van der Waals surface area contributed by atoms with Crippen LogP contribution in [0.3, 0.4) is 0 Å². The van der Waals surface area contributed by atoms with Gasteiger partial charge in [-0.1, -0.05) is 36.4 Å². The van der Waals surface area contributed by atoms with Crippen molar-refractivity contribution in [1.29, 1.82) is 0 Å². The second-order valence-corrected chi connectivity index (χ2v) is 6.22. The lowest BCUT2D eigenvalue weighted by atomic mass is 9.87. The lowest BCUT2D eigenvalue weighted by Gasteiger charge is -2.27. The third kappa shape index (κ3) is 3.82. The molecule has 0 radical (unpaired) electrons. The Bertz CT molecular complexity index is 787. The van der Waals surface area contributed by atoms with Crippen molar-refractivity contribution in [2.45, 2.75) is 38.3 Å². The molecular formula is C20H21NO4. The van der Waals surface area contributed by atoms with Gasteiger partial charge in [0.25, 0.3) is 5.91 Å². The van der Waals surface area contributed by atoms with Crippen LogP contribution in [0, 0.1) is 0 Å². The third-order valence-electron chi connectivity index (χ3n) is 4.46. The van der Waals surface area contributed by atoms with Crippen molar-refractivity contribution in [3.63, 3.8) is 0 Å². The average molecular weight is 339 g/mol. The highest BCUT2D eigenvalue weighted by molar-refractivity contribution is 5.94. The number of para-hydroxylation sites is 1. The summed E-state index contributed by atoms with van der Waals surface area (Å²) in [6.07, 6.45) is 1.94. The van der Waals surface area contributed by atoms with Crippen molar-refractivity contribution >= 4 is 11.9 Å². The maximum atomic E-state index is 12.4. The molecule has 2 aromatic rings. The van der Waals surface area contributed by atoms with E-state index in [2.05, 4.69) is 11.4 Å². The van der Waals surface area contributed by atoms with E-state index in [0.29, 0.717) is 0 Å². The molecule has 0 aromatic heterocycles. The predicted octanol–water partition coefficient (Wildman–Crippen LogP) is 3.13. The van der Waals surface area contributed by atoms with E-state index in [1.807, 2.05) is 18.2 Å². The molecule has 5 nitrogen and oxygen atoms in total. The Morgan fingerprint density at radius 2 is 1.88 bits per heavy atom. The minimum atomic E-state index is -0.943. The molecule has 1 aliphatic rings. The Labute approximate surface area is 146 Å². The molecule has 0 spiro atoms. The van der Waals surface area contributed by atoms with Gasteiger partial charge in [0.05, 0.1) is 6.04 Å². The SMILES string of the molecule is CC(OC(=O)c1ccccc1O)C(=O)NC1CCCc2ccccc21. The first-order chi connectivity index (χ1) is 12.1. The number of rotatable bonds is 4. The van der Waals surface area contributed by atoms with Crippen LogP contribution < -0.4 is 5.32 Å². The fourth-order valence-corrected chi connectivity index (χ4v) is 3.12. The third-order valence-corrected chi connectivity index (χ3v) is 4.46. The zero-order valence-electron chi connectivity index (χ0n) is 14.1. The molecule has 0 fully saturated rings. The molecule has 0 saturated carbocycles. The number of nitrogens with one attached hydrogen (secondary N) is 1. The van der Waals surface area contributed by atoms with Gasteiger partial charge in [-0.2, -0.15) is 0 Å². The zero-order chi connectivity index (χ0) is 17.8. The van der Waals surface area contributed by atoms with E-state index in [1.165, 1.54) is 24.6 Å². The molecule has 2 atom stereocenters. The maximum Gasteiger partial charge on any atom is 0.342 e. The van der Waals surface area contributed by atoms with Crippen LogP contribution in [-0.2, 0) is 16.0 Å². The summed E-state index contributed by atoms with van der Waals surface area (Å²) in [5.74, 6) is -1.23. The zero-order valence-corrected chi connectivity index (χ0v) is 14.1. The Morgan fingerprint density at radius 1 is 1.16 bits per heavy atom. The second-order valence-electron chi connectivity index (χ2n) is 6.22. The number of carbonyl (C=O) groups excluding carboxylic acids is 2. The summed E-state index contributed by atoms with van der Waals surface area (Å²) in [4.78, 5) is 24.5. The lowest BCUT2D eigenvalue weighted by Crippen LogP contribution is -2.39.